The van der Waals surface area contributed by atoms with Crippen molar-refractivity contribution in [1.82, 2.24) is 25.3 Å². The molecule has 1 atom stereocenters. The summed E-state index contributed by atoms with van der Waals surface area (Å²) < 4.78 is 0. The van der Waals surface area contributed by atoms with Gasteiger partial charge in [-0.1, -0.05) is 17.7 Å². The molecule has 1 unspecified atom stereocenters. The number of halogens is 1. The molecule has 15 heteroatoms. The first-order chi connectivity index (χ1) is 29.1. The molecule has 7 aliphatic rings. The van der Waals surface area contributed by atoms with Crippen LogP contribution in [-0.2, 0) is 14.4 Å². The van der Waals surface area contributed by atoms with Crippen LogP contribution in [0, 0.1) is 28.6 Å². The van der Waals surface area contributed by atoms with Gasteiger partial charge < -0.3 is 24.9 Å². The molecule has 312 valence electrons. The number of amidine groups is 1. The van der Waals surface area contributed by atoms with Crippen molar-refractivity contribution in [2.75, 3.05) is 68.7 Å². The first kappa shape index (κ1) is 39.9. The number of nitriles is 1. The number of benzene rings is 2. The number of amides is 5. The maximum absolute atomic E-state index is 13.4. The lowest BCUT2D eigenvalue weighted by Crippen LogP contribution is -2.61. The molecule has 2 N–H and O–H groups in total. The Labute approximate surface area is 354 Å². The Balaban J connectivity index is 0.699. The molecule has 2 aromatic rings. The molecule has 0 saturated carbocycles. The van der Waals surface area contributed by atoms with E-state index in [-0.39, 0.29) is 30.6 Å². The number of nitrogens with zero attached hydrogens (tertiary/aromatic N) is 7. The number of allylic oxidation sites excluding steroid dienone is 1. The van der Waals surface area contributed by atoms with Crippen LogP contribution in [0.15, 0.2) is 65.4 Å². The van der Waals surface area contributed by atoms with E-state index in [1.165, 1.54) is 5.70 Å². The van der Waals surface area contributed by atoms with Crippen LogP contribution >= 0.6 is 11.6 Å². The number of imide groups is 2. The zero-order valence-electron chi connectivity index (χ0n) is 33.7. The van der Waals surface area contributed by atoms with E-state index in [9.17, 15) is 29.2 Å². The van der Waals surface area contributed by atoms with Gasteiger partial charge >= 0.3 is 0 Å². The number of carbonyl (C=O) groups is 5. The second kappa shape index (κ2) is 16.5. The summed E-state index contributed by atoms with van der Waals surface area (Å²) in [6.07, 6.45) is 12.9. The Bertz CT molecular complexity index is 2230. The highest BCUT2D eigenvalue weighted by molar-refractivity contribution is 6.32. The number of hydrogen-bond donors (Lipinski definition) is 2. The molecular weight excluding hydrogens is 782 g/mol. The van der Waals surface area contributed by atoms with E-state index in [0.29, 0.717) is 38.9 Å². The van der Waals surface area contributed by atoms with Crippen LogP contribution in [-0.4, -0.2) is 115 Å². The van der Waals surface area contributed by atoms with Gasteiger partial charge in [-0.25, -0.2) is 4.99 Å². The second-order valence-electron chi connectivity index (χ2n) is 17.5. The maximum Gasteiger partial charge on any atom is 0.262 e. The van der Waals surface area contributed by atoms with Gasteiger partial charge in [-0.2, -0.15) is 5.26 Å². The third kappa shape index (κ3) is 7.92. The first-order valence-corrected chi connectivity index (χ1v) is 21.7. The van der Waals surface area contributed by atoms with Crippen LogP contribution in [0.25, 0.3) is 0 Å². The SMILES string of the molecule is N#Cc1ccc(N2CCC(C(=O)NC3=NC=C(N4CCC(CN5CC6(CCN(c7ccc8c(c7)C(=O)N(C7CCC(=O)NC7=O)C8=O)CC6)C5)CC4)CC=C3)CC2)cc1Cl. The molecule has 14 nitrogen and oxygen atoms in total. The van der Waals surface area contributed by atoms with Gasteiger partial charge in [0.05, 0.1) is 21.7 Å². The van der Waals surface area contributed by atoms with Crippen LogP contribution < -0.4 is 20.4 Å². The molecule has 5 amide bonds. The molecule has 7 heterocycles. The normalized spacial score (nSPS) is 23.8. The Morgan fingerprint density at radius 1 is 0.867 bits per heavy atom. The number of piperidine rings is 4. The van der Waals surface area contributed by atoms with E-state index in [4.69, 9.17) is 16.6 Å². The minimum Gasteiger partial charge on any atom is -0.373 e. The summed E-state index contributed by atoms with van der Waals surface area (Å²) >= 11 is 6.25. The summed E-state index contributed by atoms with van der Waals surface area (Å²) in [5.74, 6) is -0.771. The molecule has 1 spiro atoms. The zero-order valence-corrected chi connectivity index (χ0v) is 34.5. The fraction of sp³-hybridized carbons (Fsp3) is 0.489. The van der Waals surface area contributed by atoms with Crippen molar-refractivity contribution in [3.05, 3.63) is 82.2 Å². The zero-order chi connectivity index (χ0) is 41.5. The van der Waals surface area contributed by atoms with Crippen molar-refractivity contribution < 1.29 is 24.0 Å². The molecular formula is C45H50ClN9O5. The molecule has 5 saturated heterocycles. The second-order valence-corrected chi connectivity index (χ2v) is 17.9. The van der Waals surface area contributed by atoms with Gasteiger partial charge in [0.1, 0.15) is 17.9 Å². The summed E-state index contributed by atoms with van der Waals surface area (Å²) in [5, 5.41) is 14.9. The van der Waals surface area contributed by atoms with Gasteiger partial charge in [0.15, 0.2) is 0 Å². The molecule has 0 radical (unpaired) electrons. The number of carbonyl (C=O) groups excluding carboxylic acids is 5. The molecule has 0 aliphatic carbocycles. The van der Waals surface area contributed by atoms with Gasteiger partial charge in [-0.15, -0.1) is 0 Å². The van der Waals surface area contributed by atoms with Crippen LogP contribution in [0.2, 0.25) is 5.02 Å². The van der Waals surface area contributed by atoms with E-state index in [2.05, 4.69) is 42.4 Å². The van der Waals surface area contributed by atoms with Gasteiger partial charge in [0, 0.05) is 101 Å². The summed E-state index contributed by atoms with van der Waals surface area (Å²) in [5.41, 5.74) is 4.50. The topological polar surface area (TPSA) is 162 Å². The van der Waals surface area contributed by atoms with E-state index in [1.54, 1.807) is 18.2 Å². The van der Waals surface area contributed by atoms with Crippen molar-refractivity contribution in [2.45, 2.75) is 63.8 Å². The van der Waals surface area contributed by atoms with Crippen molar-refractivity contribution in [1.29, 1.82) is 5.26 Å². The molecule has 0 bridgehead atoms. The monoisotopic (exact) mass is 831 g/mol. The number of rotatable bonds is 7. The standard InChI is InChI=1S/C45H50ClN9O5/c46-37-23-33(5-4-31(37)24-47)52-18-12-30(13-19-52)41(57)49-39-3-1-2-34(25-48-39)53-16-10-29(11-17-53)26-51-27-45(28-51)14-20-54(21-15-45)32-6-7-35-36(22-32)44(60)55(43(35)59)38-8-9-40(56)50-42(38)58/h1,3-7,22-23,25,29-30,38H,2,8-21,26-28H2,(H,48,49,57)(H,50,56,58). The Kier molecular flexibility index (Phi) is 11.0. The third-order valence-electron chi connectivity index (χ3n) is 13.8. The minimum absolute atomic E-state index is 0.00371. The lowest BCUT2D eigenvalue weighted by Gasteiger charge is -2.55. The summed E-state index contributed by atoms with van der Waals surface area (Å²) in [6.45, 7) is 8.60. The average Bonchev–Trinajstić information content (AvgIpc) is 3.35. The number of likely N-dealkylation sites (tertiary alicyclic amines) is 2. The Hall–Kier alpha value is -5.52. The Morgan fingerprint density at radius 3 is 2.27 bits per heavy atom. The highest BCUT2D eigenvalue weighted by Crippen LogP contribution is 2.43. The van der Waals surface area contributed by atoms with E-state index < -0.39 is 23.8 Å². The molecule has 7 aliphatic heterocycles. The van der Waals surface area contributed by atoms with E-state index >= 15 is 0 Å². The maximum atomic E-state index is 13.4. The lowest BCUT2D eigenvalue weighted by atomic mass is 9.71. The predicted octanol–water partition coefficient (Wildman–Crippen LogP) is 4.46. The summed E-state index contributed by atoms with van der Waals surface area (Å²) in [6, 6.07) is 12.0. The highest BCUT2D eigenvalue weighted by Gasteiger charge is 2.47. The minimum atomic E-state index is -0.962. The lowest BCUT2D eigenvalue weighted by molar-refractivity contribution is -0.136. The molecule has 2 aromatic carbocycles. The number of nitrogens with one attached hydrogen (secondary N) is 2. The third-order valence-corrected chi connectivity index (χ3v) is 14.1. The molecule has 60 heavy (non-hydrogen) atoms. The number of anilines is 2. The average molecular weight is 832 g/mol. The summed E-state index contributed by atoms with van der Waals surface area (Å²) in [7, 11) is 0. The largest absolute Gasteiger partial charge is 0.373 e. The van der Waals surface area contributed by atoms with Crippen LogP contribution in [0.3, 0.4) is 0 Å². The van der Waals surface area contributed by atoms with Crippen LogP contribution in [0.5, 0.6) is 0 Å². The van der Waals surface area contributed by atoms with Crippen molar-refractivity contribution >= 4 is 58.3 Å². The fourth-order valence-corrected chi connectivity index (χ4v) is 10.5. The highest BCUT2D eigenvalue weighted by atomic mass is 35.5. The molecule has 0 aromatic heterocycles. The Morgan fingerprint density at radius 2 is 1.55 bits per heavy atom. The summed E-state index contributed by atoms with van der Waals surface area (Å²) in [4.78, 5) is 79.1. The van der Waals surface area contributed by atoms with Gasteiger partial charge in [0.25, 0.3) is 11.8 Å². The van der Waals surface area contributed by atoms with Gasteiger partial charge in [-0.3, -0.25) is 34.2 Å². The molecule has 5 fully saturated rings. The van der Waals surface area contributed by atoms with Crippen molar-refractivity contribution in [3.8, 4) is 6.07 Å². The fourth-order valence-electron chi connectivity index (χ4n) is 10.2. The van der Waals surface area contributed by atoms with Crippen LogP contribution in [0.1, 0.15) is 84.1 Å². The number of aliphatic imine (C=N–C) groups is 1. The predicted molar refractivity (Wildman–Crippen MR) is 226 cm³/mol. The first-order valence-electron chi connectivity index (χ1n) is 21.3. The van der Waals surface area contributed by atoms with Gasteiger partial charge in [-0.05, 0) is 98.8 Å². The van der Waals surface area contributed by atoms with E-state index in [1.807, 2.05) is 30.5 Å². The van der Waals surface area contributed by atoms with Crippen LogP contribution in [0.4, 0.5) is 11.4 Å². The number of fused-ring (bicyclic) bond motifs is 1. The van der Waals surface area contributed by atoms with E-state index in [0.717, 1.165) is 120 Å². The quantitative estimate of drug-likeness (QED) is 0.382. The number of hydrogen-bond acceptors (Lipinski definition) is 11. The smallest absolute Gasteiger partial charge is 0.262 e. The van der Waals surface area contributed by atoms with Crippen molar-refractivity contribution in [2.24, 2.45) is 22.2 Å². The molecule has 9 rings (SSSR count). The van der Waals surface area contributed by atoms with Crippen molar-refractivity contribution in [3.63, 3.8) is 0 Å². The van der Waals surface area contributed by atoms with Gasteiger partial charge in [0.2, 0.25) is 17.7 Å².